The fourth-order valence-corrected chi connectivity index (χ4v) is 1.25. The minimum absolute atomic E-state index is 0.252. The van der Waals surface area contributed by atoms with E-state index in [0.717, 1.165) is 0 Å². The molecule has 0 aromatic carbocycles. The van der Waals surface area contributed by atoms with Crippen molar-refractivity contribution in [3.8, 4) is 0 Å². The van der Waals surface area contributed by atoms with Crippen molar-refractivity contribution in [3.05, 3.63) is 12.2 Å². The van der Waals surface area contributed by atoms with Crippen LogP contribution in [-0.2, 0) is 4.79 Å². The highest BCUT2D eigenvalue weighted by Gasteiger charge is 2.16. The van der Waals surface area contributed by atoms with Crippen LogP contribution in [0.5, 0.6) is 0 Å². The molecule has 0 saturated carbocycles. The maximum atomic E-state index is 10.6. The lowest BCUT2D eigenvalue weighted by Gasteiger charge is -2.30. The second-order valence-corrected chi connectivity index (χ2v) is 3.77. The molecule has 3 heteroatoms. The zero-order valence-electron chi connectivity index (χ0n) is 8.87. The minimum atomic E-state index is -0.911. The second-order valence-electron chi connectivity index (χ2n) is 3.77. The van der Waals surface area contributed by atoms with E-state index in [4.69, 9.17) is 5.11 Å². The number of aliphatic carboxylic acids is 1. The molecule has 0 radical (unpaired) electrons. The molecular formula is C10H19NO2. The molecule has 0 atom stereocenters. The fraction of sp³-hybridized carbons (Fsp3) is 0.700. The van der Waals surface area contributed by atoms with E-state index in [2.05, 4.69) is 39.2 Å². The molecule has 0 aromatic heterocycles. The summed E-state index contributed by atoms with van der Waals surface area (Å²) in [4.78, 5) is 12.6. The summed E-state index contributed by atoms with van der Waals surface area (Å²) in [5.41, 5.74) is 0.252. The standard InChI is InChI=1S/C10H19NO2/c1-7(2)11(8(3)4)6-9(5)10(12)13/h7-8H,5-6H2,1-4H3,(H,12,13). The van der Waals surface area contributed by atoms with E-state index in [0.29, 0.717) is 18.6 Å². The Morgan fingerprint density at radius 2 is 1.69 bits per heavy atom. The number of nitrogens with zero attached hydrogens (tertiary/aromatic N) is 1. The maximum absolute atomic E-state index is 10.6. The third-order valence-corrected chi connectivity index (χ3v) is 2.00. The summed E-state index contributed by atoms with van der Waals surface area (Å²) >= 11 is 0. The van der Waals surface area contributed by atoms with Crippen molar-refractivity contribution in [1.29, 1.82) is 0 Å². The van der Waals surface area contributed by atoms with Crippen LogP contribution in [0.3, 0.4) is 0 Å². The van der Waals surface area contributed by atoms with Gasteiger partial charge in [-0.05, 0) is 27.7 Å². The van der Waals surface area contributed by atoms with Crippen LogP contribution in [0.15, 0.2) is 12.2 Å². The van der Waals surface area contributed by atoms with Gasteiger partial charge in [0.2, 0.25) is 0 Å². The van der Waals surface area contributed by atoms with Crippen molar-refractivity contribution in [3.63, 3.8) is 0 Å². The molecule has 0 fully saturated rings. The molecule has 0 heterocycles. The molecule has 0 aliphatic rings. The fourth-order valence-electron chi connectivity index (χ4n) is 1.25. The predicted molar refractivity (Wildman–Crippen MR) is 53.8 cm³/mol. The summed E-state index contributed by atoms with van der Waals surface area (Å²) in [6.45, 7) is 12.2. The average Bonchev–Trinajstić information content (AvgIpc) is 1.97. The van der Waals surface area contributed by atoms with Crippen LogP contribution in [0.2, 0.25) is 0 Å². The number of hydrogen-bond donors (Lipinski definition) is 1. The number of carboxylic acids is 1. The van der Waals surface area contributed by atoms with Crippen LogP contribution >= 0.6 is 0 Å². The van der Waals surface area contributed by atoms with Gasteiger partial charge in [0, 0.05) is 24.2 Å². The molecule has 0 amide bonds. The third-order valence-electron chi connectivity index (χ3n) is 2.00. The number of carbonyl (C=O) groups is 1. The lowest BCUT2D eigenvalue weighted by Crippen LogP contribution is -2.39. The van der Waals surface area contributed by atoms with Gasteiger partial charge in [-0.1, -0.05) is 6.58 Å². The van der Waals surface area contributed by atoms with E-state index < -0.39 is 5.97 Å². The molecule has 0 spiro atoms. The first-order chi connectivity index (χ1) is 5.86. The van der Waals surface area contributed by atoms with Gasteiger partial charge in [-0.15, -0.1) is 0 Å². The minimum Gasteiger partial charge on any atom is -0.478 e. The number of hydrogen-bond acceptors (Lipinski definition) is 2. The smallest absolute Gasteiger partial charge is 0.332 e. The van der Waals surface area contributed by atoms with Gasteiger partial charge in [0.1, 0.15) is 0 Å². The molecule has 0 aliphatic heterocycles. The Morgan fingerprint density at radius 3 is 1.92 bits per heavy atom. The van der Waals surface area contributed by atoms with Gasteiger partial charge in [-0.2, -0.15) is 0 Å². The Kier molecular flexibility index (Phi) is 4.70. The summed E-state index contributed by atoms with van der Waals surface area (Å²) in [7, 11) is 0. The SMILES string of the molecule is C=C(CN(C(C)C)C(C)C)C(=O)O. The molecule has 76 valence electrons. The number of rotatable bonds is 5. The molecule has 0 bridgehead atoms. The van der Waals surface area contributed by atoms with Crippen molar-refractivity contribution < 1.29 is 9.90 Å². The highest BCUT2D eigenvalue weighted by molar-refractivity contribution is 5.86. The van der Waals surface area contributed by atoms with E-state index in [-0.39, 0.29) is 5.57 Å². The molecule has 0 saturated heterocycles. The van der Waals surface area contributed by atoms with Gasteiger partial charge in [0.25, 0.3) is 0 Å². The predicted octanol–water partition coefficient (Wildman–Crippen LogP) is 1.75. The average molecular weight is 185 g/mol. The Balaban J connectivity index is 4.27. The van der Waals surface area contributed by atoms with Gasteiger partial charge in [0.05, 0.1) is 0 Å². The van der Waals surface area contributed by atoms with Crippen LogP contribution < -0.4 is 0 Å². The van der Waals surface area contributed by atoms with E-state index in [1.54, 1.807) is 0 Å². The van der Waals surface area contributed by atoms with Crippen LogP contribution in [-0.4, -0.2) is 34.6 Å². The summed E-state index contributed by atoms with van der Waals surface area (Å²) in [6, 6.07) is 0.687. The first-order valence-corrected chi connectivity index (χ1v) is 4.53. The van der Waals surface area contributed by atoms with Gasteiger partial charge < -0.3 is 5.11 Å². The molecule has 0 aliphatic carbocycles. The third kappa shape index (κ3) is 4.08. The van der Waals surface area contributed by atoms with Crippen molar-refractivity contribution >= 4 is 5.97 Å². The molecule has 13 heavy (non-hydrogen) atoms. The molecule has 1 N–H and O–H groups in total. The van der Waals surface area contributed by atoms with Gasteiger partial charge in [0.15, 0.2) is 0 Å². The Labute approximate surface area is 80.0 Å². The molecular weight excluding hydrogens is 166 g/mol. The summed E-state index contributed by atoms with van der Waals surface area (Å²) < 4.78 is 0. The molecule has 0 rings (SSSR count). The summed E-state index contributed by atoms with van der Waals surface area (Å²) in [6.07, 6.45) is 0. The molecule has 0 unspecified atom stereocenters. The summed E-state index contributed by atoms with van der Waals surface area (Å²) in [5, 5.41) is 8.67. The van der Waals surface area contributed by atoms with Gasteiger partial charge in [-0.3, -0.25) is 4.90 Å². The Bertz CT molecular complexity index is 189. The first-order valence-electron chi connectivity index (χ1n) is 4.53. The van der Waals surface area contributed by atoms with Crippen molar-refractivity contribution in [1.82, 2.24) is 4.90 Å². The van der Waals surface area contributed by atoms with E-state index in [1.165, 1.54) is 0 Å². The first kappa shape index (κ1) is 12.2. The number of carboxylic acid groups (broad SMARTS) is 1. The zero-order chi connectivity index (χ0) is 10.6. The van der Waals surface area contributed by atoms with E-state index >= 15 is 0 Å². The topological polar surface area (TPSA) is 40.5 Å². The maximum Gasteiger partial charge on any atom is 0.332 e. The van der Waals surface area contributed by atoms with E-state index in [1.807, 2.05) is 0 Å². The monoisotopic (exact) mass is 185 g/mol. The normalized spacial score (nSPS) is 11.3. The van der Waals surface area contributed by atoms with Crippen LogP contribution in [0.25, 0.3) is 0 Å². The largest absolute Gasteiger partial charge is 0.478 e. The second kappa shape index (κ2) is 5.02. The van der Waals surface area contributed by atoms with E-state index in [9.17, 15) is 4.79 Å². The van der Waals surface area contributed by atoms with Crippen molar-refractivity contribution in [2.45, 2.75) is 39.8 Å². The molecule has 3 nitrogen and oxygen atoms in total. The molecule has 0 aromatic rings. The van der Waals surface area contributed by atoms with Crippen LogP contribution in [0, 0.1) is 0 Å². The van der Waals surface area contributed by atoms with Gasteiger partial charge >= 0.3 is 5.97 Å². The van der Waals surface area contributed by atoms with Crippen molar-refractivity contribution in [2.75, 3.05) is 6.54 Å². The lowest BCUT2D eigenvalue weighted by molar-refractivity contribution is -0.133. The van der Waals surface area contributed by atoms with Crippen molar-refractivity contribution in [2.24, 2.45) is 0 Å². The van der Waals surface area contributed by atoms with Crippen LogP contribution in [0.1, 0.15) is 27.7 Å². The van der Waals surface area contributed by atoms with Crippen LogP contribution in [0.4, 0.5) is 0 Å². The Morgan fingerprint density at radius 1 is 1.31 bits per heavy atom. The highest BCUT2D eigenvalue weighted by Crippen LogP contribution is 2.07. The quantitative estimate of drug-likeness (QED) is 0.663. The zero-order valence-corrected chi connectivity index (χ0v) is 8.87. The lowest BCUT2D eigenvalue weighted by atomic mass is 10.2. The Hall–Kier alpha value is -0.830. The highest BCUT2D eigenvalue weighted by atomic mass is 16.4. The van der Waals surface area contributed by atoms with Gasteiger partial charge in [-0.25, -0.2) is 4.79 Å². The summed E-state index contributed by atoms with van der Waals surface area (Å²) in [5.74, 6) is -0.911.